The van der Waals surface area contributed by atoms with Crippen LogP contribution in [-0.2, 0) is 6.42 Å². The minimum Gasteiger partial charge on any atom is -0.387 e. The van der Waals surface area contributed by atoms with E-state index < -0.39 is 6.10 Å². The lowest BCUT2D eigenvalue weighted by atomic mass is 9.91. The maximum atomic E-state index is 11.8. The van der Waals surface area contributed by atoms with Crippen molar-refractivity contribution in [3.63, 3.8) is 0 Å². The van der Waals surface area contributed by atoms with Gasteiger partial charge in [0.25, 0.3) is 5.91 Å². The minimum atomic E-state index is -0.527. The van der Waals surface area contributed by atoms with Crippen LogP contribution < -0.4 is 10.6 Å². The van der Waals surface area contributed by atoms with Crippen molar-refractivity contribution in [2.45, 2.75) is 37.8 Å². The van der Waals surface area contributed by atoms with Crippen molar-refractivity contribution in [1.29, 1.82) is 0 Å². The highest BCUT2D eigenvalue weighted by atomic mass is 16.3. The minimum absolute atomic E-state index is 0.0214. The van der Waals surface area contributed by atoms with E-state index in [1.165, 1.54) is 6.42 Å². The molecule has 0 saturated carbocycles. The van der Waals surface area contributed by atoms with E-state index in [0.717, 1.165) is 42.5 Å². The number of aliphatic hydroxyl groups is 1. The molecular formula is C15H20N2O2. The van der Waals surface area contributed by atoms with Gasteiger partial charge in [-0.2, -0.15) is 0 Å². The molecule has 3 rings (SSSR count). The highest BCUT2D eigenvalue weighted by molar-refractivity contribution is 5.96. The summed E-state index contributed by atoms with van der Waals surface area (Å²) in [7, 11) is 0. The molecule has 2 aliphatic rings. The molecule has 1 saturated heterocycles. The molecule has 0 bridgehead atoms. The van der Waals surface area contributed by atoms with Crippen LogP contribution in [0.5, 0.6) is 0 Å². The Morgan fingerprint density at radius 2 is 2.16 bits per heavy atom. The van der Waals surface area contributed by atoms with Crippen LogP contribution in [0, 0.1) is 0 Å². The Kier molecular flexibility index (Phi) is 3.53. The number of rotatable bonds is 2. The topological polar surface area (TPSA) is 61.4 Å². The number of carbonyl (C=O) groups is 1. The van der Waals surface area contributed by atoms with Crippen molar-refractivity contribution in [3.8, 4) is 0 Å². The van der Waals surface area contributed by atoms with E-state index in [1.54, 1.807) is 0 Å². The third-order valence-electron chi connectivity index (χ3n) is 4.13. The van der Waals surface area contributed by atoms with Crippen LogP contribution >= 0.6 is 0 Å². The second-order valence-corrected chi connectivity index (χ2v) is 5.42. The van der Waals surface area contributed by atoms with E-state index in [4.69, 9.17) is 0 Å². The Morgan fingerprint density at radius 1 is 1.26 bits per heavy atom. The summed E-state index contributed by atoms with van der Waals surface area (Å²) < 4.78 is 0. The lowest BCUT2D eigenvalue weighted by Gasteiger charge is -2.29. The highest BCUT2D eigenvalue weighted by Crippen LogP contribution is 2.25. The van der Waals surface area contributed by atoms with Crippen LogP contribution in [0.3, 0.4) is 0 Å². The molecule has 1 aromatic rings. The first-order chi connectivity index (χ1) is 9.25. The van der Waals surface area contributed by atoms with E-state index in [2.05, 4.69) is 10.6 Å². The number of nitrogens with one attached hydrogen (secondary N) is 2. The molecule has 2 heterocycles. The molecule has 102 valence electrons. The standard InChI is InChI=1S/C15H20N2O2/c18-14(13-3-1-2-7-16-13)11-5-4-10-6-8-17-15(19)12(10)9-11/h4-5,9,13-14,16,18H,1-3,6-8H2,(H,17,19). The van der Waals surface area contributed by atoms with Crippen molar-refractivity contribution in [1.82, 2.24) is 10.6 Å². The molecule has 1 fully saturated rings. The van der Waals surface area contributed by atoms with Gasteiger partial charge in [0, 0.05) is 18.2 Å². The fourth-order valence-corrected chi connectivity index (χ4v) is 2.99. The summed E-state index contributed by atoms with van der Waals surface area (Å²) in [5, 5.41) is 16.6. The molecule has 0 radical (unpaired) electrons. The Morgan fingerprint density at radius 3 is 2.95 bits per heavy atom. The zero-order valence-corrected chi connectivity index (χ0v) is 11.0. The Labute approximate surface area is 113 Å². The second kappa shape index (κ2) is 5.31. The summed E-state index contributed by atoms with van der Waals surface area (Å²) in [6, 6.07) is 5.90. The van der Waals surface area contributed by atoms with Gasteiger partial charge in [-0.25, -0.2) is 0 Å². The third kappa shape index (κ3) is 2.51. The van der Waals surface area contributed by atoms with Crippen molar-refractivity contribution in [2.24, 2.45) is 0 Å². The number of amides is 1. The van der Waals surface area contributed by atoms with Gasteiger partial charge in [-0.1, -0.05) is 18.6 Å². The summed E-state index contributed by atoms with van der Waals surface area (Å²) in [5.41, 5.74) is 2.64. The quantitative estimate of drug-likeness (QED) is 0.747. The van der Waals surface area contributed by atoms with E-state index in [1.807, 2.05) is 18.2 Å². The number of fused-ring (bicyclic) bond motifs is 1. The first-order valence-electron chi connectivity index (χ1n) is 7.08. The second-order valence-electron chi connectivity index (χ2n) is 5.42. The van der Waals surface area contributed by atoms with Crippen LogP contribution in [0.1, 0.15) is 46.9 Å². The molecule has 0 spiro atoms. The smallest absolute Gasteiger partial charge is 0.251 e. The molecule has 1 amide bonds. The molecule has 1 aromatic carbocycles. The normalized spacial score (nSPS) is 24.5. The van der Waals surface area contributed by atoms with Gasteiger partial charge >= 0.3 is 0 Å². The average molecular weight is 260 g/mol. The maximum Gasteiger partial charge on any atom is 0.251 e. The van der Waals surface area contributed by atoms with Crippen LogP contribution in [-0.4, -0.2) is 30.1 Å². The molecule has 2 atom stereocenters. The van der Waals surface area contributed by atoms with Gasteiger partial charge < -0.3 is 15.7 Å². The SMILES string of the molecule is O=C1NCCc2ccc(C(O)C3CCCCN3)cc21. The molecule has 19 heavy (non-hydrogen) atoms. The molecule has 0 aromatic heterocycles. The van der Waals surface area contributed by atoms with Crippen LogP contribution in [0.25, 0.3) is 0 Å². The Balaban J connectivity index is 1.84. The summed E-state index contributed by atoms with van der Waals surface area (Å²) in [4.78, 5) is 11.8. The van der Waals surface area contributed by atoms with Crippen LogP contribution in [0.15, 0.2) is 18.2 Å². The van der Waals surface area contributed by atoms with Gasteiger partial charge in [0.05, 0.1) is 6.10 Å². The summed E-state index contributed by atoms with van der Waals surface area (Å²) in [6.45, 7) is 1.67. The molecule has 0 aliphatic carbocycles. The van der Waals surface area contributed by atoms with Gasteiger partial charge in [0.1, 0.15) is 0 Å². The molecule has 2 aliphatic heterocycles. The number of hydrogen-bond donors (Lipinski definition) is 3. The van der Waals surface area contributed by atoms with Crippen LogP contribution in [0.2, 0.25) is 0 Å². The molecule has 4 nitrogen and oxygen atoms in total. The number of benzene rings is 1. The molecule has 2 unspecified atom stereocenters. The number of hydrogen-bond acceptors (Lipinski definition) is 3. The number of piperidine rings is 1. The number of aliphatic hydroxyl groups excluding tert-OH is 1. The fraction of sp³-hybridized carbons (Fsp3) is 0.533. The van der Waals surface area contributed by atoms with Crippen LogP contribution in [0.4, 0.5) is 0 Å². The first-order valence-corrected chi connectivity index (χ1v) is 7.08. The zero-order chi connectivity index (χ0) is 13.2. The van der Waals surface area contributed by atoms with Gasteiger partial charge in [0.15, 0.2) is 0 Å². The van der Waals surface area contributed by atoms with Gasteiger partial charge in [-0.3, -0.25) is 4.79 Å². The summed E-state index contributed by atoms with van der Waals surface area (Å²) in [6.07, 6.45) is 3.67. The zero-order valence-electron chi connectivity index (χ0n) is 11.0. The summed E-state index contributed by atoms with van der Waals surface area (Å²) >= 11 is 0. The van der Waals surface area contributed by atoms with Crippen molar-refractivity contribution in [2.75, 3.05) is 13.1 Å². The molecule has 4 heteroatoms. The van der Waals surface area contributed by atoms with Crippen molar-refractivity contribution < 1.29 is 9.90 Å². The van der Waals surface area contributed by atoms with Gasteiger partial charge in [-0.05, 0) is 43.0 Å². The molecular weight excluding hydrogens is 240 g/mol. The highest BCUT2D eigenvalue weighted by Gasteiger charge is 2.24. The number of carbonyl (C=O) groups excluding carboxylic acids is 1. The predicted molar refractivity (Wildman–Crippen MR) is 73.1 cm³/mol. The van der Waals surface area contributed by atoms with Gasteiger partial charge in [-0.15, -0.1) is 0 Å². The largest absolute Gasteiger partial charge is 0.387 e. The van der Waals surface area contributed by atoms with E-state index in [0.29, 0.717) is 6.54 Å². The predicted octanol–water partition coefficient (Wildman–Crippen LogP) is 1.15. The lowest BCUT2D eigenvalue weighted by Crippen LogP contribution is -2.39. The monoisotopic (exact) mass is 260 g/mol. The Bertz CT molecular complexity index is 481. The Hall–Kier alpha value is -1.39. The van der Waals surface area contributed by atoms with E-state index in [9.17, 15) is 9.90 Å². The summed E-state index contributed by atoms with van der Waals surface area (Å²) in [5.74, 6) is -0.0214. The van der Waals surface area contributed by atoms with Crippen molar-refractivity contribution in [3.05, 3.63) is 34.9 Å². The average Bonchev–Trinajstić information content (AvgIpc) is 2.47. The third-order valence-corrected chi connectivity index (χ3v) is 4.13. The maximum absolute atomic E-state index is 11.8. The van der Waals surface area contributed by atoms with E-state index >= 15 is 0 Å². The molecule has 3 N–H and O–H groups in total. The van der Waals surface area contributed by atoms with E-state index in [-0.39, 0.29) is 11.9 Å². The lowest BCUT2D eigenvalue weighted by molar-refractivity contribution is 0.0944. The van der Waals surface area contributed by atoms with Crippen molar-refractivity contribution >= 4 is 5.91 Å². The fourth-order valence-electron chi connectivity index (χ4n) is 2.99. The first kappa shape index (κ1) is 12.6. The van der Waals surface area contributed by atoms with Gasteiger partial charge in [0.2, 0.25) is 0 Å².